The molecular formula is C8H16O. The molecule has 0 aliphatic rings. The fraction of sp³-hybridized carbons (Fsp3) is 0.750. The molecule has 0 bridgehead atoms. The zero-order valence-corrected chi connectivity index (χ0v) is 6.61. The number of allylic oxidation sites excluding steroid dienone is 1. The van der Waals surface area contributed by atoms with Crippen LogP contribution in [-0.2, 0) is 4.74 Å². The third kappa shape index (κ3) is 5.41. The third-order valence-electron chi connectivity index (χ3n) is 1.16. The molecule has 54 valence electrons. The summed E-state index contributed by atoms with van der Waals surface area (Å²) < 4.78 is 5.17. The predicted octanol–water partition coefficient (Wildman–Crippen LogP) is 2.73. The molecule has 0 aliphatic carbocycles. The van der Waals surface area contributed by atoms with E-state index >= 15 is 0 Å². The van der Waals surface area contributed by atoms with Crippen LogP contribution in [0.2, 0.25) is 0 Å². The first-order valence-corrected chi connectivity index (χ1v) is 3.58. The van der Waals surface area contributed by atoms with Crippen LogP contribution in [0.25, 0.3) is 0 Å². The van der Waals surface area contributed by atoms with Crippen LogP contribution in [0.1, 0.15) is 33.6 Å². The van der Waals surface area contributed by atoms with Crippen LogP contribution in [0.15, 0.2) is 11.8 Å². The van der Waals surface area contributed by atoms with Gasteiger partial charge in [-0.05, 0) is 25.3 Å². The van der Waals surface area contributed by atoms with E-state index in [4.69, 9.17) is 4.74 Å². The van der Waals surface area contributed by atoms with Crippen molar-refractivity contribution in [2.45, 2.75) is 33.6 Å². The molecule has 0 radical (unpaired) electrons. The molecule has 0 amide bonds. The Labute approximate surface area is 57.7 Å². The summed E-state index contributed by atoms with van der Waals surface area (Å²) in [6, 6.07) is 0. The van der Waals surface area contributed by atoms with Crippen molar-refractivity contribution in [2.75, 3.05) is 6.61 Å². The highest BCUT2D eigenvalue weighted by atomic mass is 16.5. The first-order valence-electron chi connectivity index (χ1n) is 3.58. The van der Waals surface area contributed by atoms with E-state index in [9.17, 15) is 0 Å². The molecule has 0 rings (SSSR count). The Bertz CT molecular complexity index is 84.6. The molecule has 0 spiro atoms. The smallest absolute Gasteiger partial charge is 0.0870 e. The minimum absolute atomic E-state index is 0.845. The van der Waals surface area contributed by atoms with E-state index < -0.39 is 0 Å². The normalized spacial score (nSPS) is 11.7. The molecule has 0 atom stereocenters. The Hall–Kier alpha value is -0.460. The van der Waals surface area contributed by atoms with Gasteiger partial charge in [0.15, 0.2) is 0 Å². The highest BCUT2D eigenvalue weighted by molar-refractivity contribution is 4.90. The molecule has 0 saturated carbocycles. The lowest BCUT2D eigenvalue weighted by atomic mass is 10.3. The molecule has 0 aliphatic heterocycles. The van der Waals surface area contributed by atoms with Gasteiger partial charge in [-0.1, -0.05) is 13.8 Å². The molecule has 0 aromatic rings. The van der Waals surface area contributed by atoms with Gasteiger partial charge in [-0.3, -0.25) is 0 Å². The zero-order chi connectivity index (χ0) is 7.11. The third-order valence-corrected chi connectivity index (χ3v) is 1.16. The molecule has 9 heavy (non-hydrogen) atoms. The van der Waals surface area contributed by atoms with Crippen molar-refractivity contribution in [1.29, 1.82) is 0 Å². The second-order valence-corrected chi connectivity index (χ2v) is 2.19. The van der Waals surface area contributed by atoms with E-state index in [2.05, 4.69) is 20.8 Å². The van der Waals surface area contributed by atoms with Crippen LogP contribution >= 0.6 is 0 Å². The van der Waals surface area contributed by atoms with Gasteiger partial charge in [-0.15, -0.1) is 0 Å². The van der Waals surface area contributed by atoms with Crippen LogP contribution in [-0.4, -0.2) is 6.61 Å². The summed E-state index contributed by atoms with van der Waals surface area (Å²) >= 11 is 0. The van der Waals surface area contributed by atoms with E-state index in [1.807, 2.05) is 6.26 Å². The van der Waals surface area contributed by atoms with Gasteiger partial charge in [0.1, 0.15) is 0 Å². The standard InChI is InChI=1S/C8H16O/c1-4-6-9-7-8(3)5-2/h7H,4-6H2,1-3H3/b8-7+. The molecule has 0 N–H and O–H groups in total. The van der Waals surface area contributed by atoms with Gasteiger partial charge in [0, 0.05) is 0 Å². The Morgan fingerprint density at radius 3 is 2.56 bits per heavy atom. The van der Waals surface area contributed by atoms with Gasteiger partial charge in [-0.25, -0.2) is 0 Å². The first-order chi connectivity index (χ1) is 4.31. The Kier molecular flexibility index (Phi) is 5.38. The molecular weight excluding hydrogens is 112 g/mol. The van der Waals surface area contributed by atoms with E-state index in [1.165, 1.54) is 5.57 Å². The lowest BCUT2D eigenvalue weighted by Gasteiger charge is -1.97. The second kappa shape index (κ2) is 5.67. The summed E-state index contributed by atoms with van der Waals surface area (Å²) in [6.45, 7) is 7.16. The highest BCUT2D eigenvalue weighted by Gasteiger charge is 1.81. The van der Waals surface area contributed by atoms with Gasteiger partial charge in [0.25, 0.3) is 0 Å². The van der Waals surface area contributed by atoms with E-state index in [0.717, 1.165) is 19.4 Å². The first kappa shape index (κ1) is 8.54. The van der Waals surface area contributed by atoms with Crippen LogP contribution < -0.4 is 0 Å². The molecule has 0 saturated heterocycles. The van der Waals surface area contributed by atoms with E-state index in [-0.39, 0.29) is 0 Å². The quantitative estimate of drug-likeness (QED) is 0.418. The summed E-state index contributed by atoms with van der Waals surface area (Å²) in [7, 11) is 0. The largest absolute Gasteiger partial charge is 0.501 e. The van der Waals surface area contributed by atoms with Crippen molar-refractivity contribution in [3.8, 4) is 0 Å². The molecule has 1 heteroatoms. The Morgan fingerprint density at radius 2 is 2.11 bits per heavy atom. The maximum Gasteiger partial charge on any atom is 0.0870 e. The molecule has 0 unspecified atom stereocenters. The summed E-state index contributed by atoms with van der Waals surface area (Å²) in [6.07, 6.45) is 4.03. The van der Waals surface area contributed by atoms with Gasteiger partial charge >= 0.3 is 0 Å². The van der Waals surface area contributed by atoms with Crippen LogP contribution in [0.3, 0.4) is 0 Å². The van der Waals surface area contributed by atoms with Gasteiger partial charge in [-0.2, -0.15) is 0 Å². The van der Waals surface area contributed by atoms with Crippen LogP contribution in [0.4, 0.5) is 0 Å². The summed E-state index contributed by atoms with van der Waals surface area (Å²) in [5.74, 6) is 0. The maximum absolute atomic E-state index is 5.17. The number of hydrogen-bond acceptors (Lipinski definition) is 1. The minimum atomic E-state index is 0.845. The van der Waals surface area contributed by atoms with Crippen molar-refractivity contribution >= 4 is 0 Å². The predicted molar refractivity (Wildman–Crippen MR) is 40.3 cm³/mol. The van der Waals surface area contributed by atoms with E-state index in [1.54, 1.807) is 0 Å². The van der Waals surface area contributed by atoms with Crippen LogP contribution in [0, 0.1) is 0 Å². The lowest BCUT2D eigenvalue weighted by molar-refractivity contribution is 0.246. The fourth-order valence-electron chi connectivity index (χ4n) is 0.402. The Balaban J connectivity index is 3.21. The molecule has 0 fully saturated rings. The van der Waals surface area contributed by atoms with Gasteiger partial charge in [0.2, 0.25) is 0 Å². The van der Waals surface area contributed by atoms with Crippen LogP contribution in [0.5, 0.6) is 0 Å². The molecule has 0 aromatic carbocycles. The van der Waals surface area contributed by atoms with Crippen molar-refractivity contribution in [1.82, 2.24) is 0 Å². The van der Waals surface area contributed by atoms with E-state index in [0.29, 0.717) is 0 Å². The highest BCUT2D eigenvalue weighted by Crippen LogP contribution is 1.97. The average Bonchev–Trinajstić information content (AvgIpc) is 1.89. The number of ether oxygens (including phenoxy) is 1. The molecule has 0 heterocycles. The number of hydrogen-bond donors (Lipinski definition) is 0. The minimum Gasteiger partial charge on any atom is -0.501 e. The summed E-state index contributed by atoms with van der Waals surface area (Å²) in [4.78, 5) is 0. The topological polar surface area (TPSA) is 9.23 Å². The SMILES string of the molecule is CCCO/C=C(\C)CC. The number of rotatable bonds is 4. The maximum atomic E-state index is 5.17. The molecule has 0 aromatic heterocycles. The van der Waals surface area contributed by atoms with Crippen molar-refractivity contribution in [2.24, 2.45) is 0 Å². The lowest BCUT2D eigenvalue weighted by Crippen LogP contribution is -1.84. The fourth-order valence-corrected chi connectivity index (χ4v) is 0.402. The van der Waals surface area contributed by atoms with Crippen molar-refractivity contribution in [3.05, 3.63) is 11.8 Å². The van der Waals surface area contributed by atoms with Gasteiger partial charge < -0.3 is 4.74 Å². The van der Waals surface area contributed by atoms with Gasteiger partial charge in [0.05, 0.1) is 12.9 Å². The Morgan fingerprint density at radius 1 is 1.44 bits per heavy atom. The van der Waals surface area contributed by atoms with Crippen molar-refractivity contribution in [3.63, 3.8) is 0 Å². The summed E-state index contributed by atoms with van der Waals surface area (Å²) in [5.41, 5.74) is 1.31. The average molecular weight is 128 g/mol. The zero-order valence-electron chi connectivity index (χ0n) is 6.61. The molecule has 1 nitrogen and oxygen atoms in total. The summed E-state index contributed by atoms with van der Waals surface area (Å²) in [5, 5.41) is 0. The van der Waals surface area contributed by atoms with Crippen molar-refractivity contribution < 1.29 is 4.74 Å². The monoisotopic (exact) mass is 128 g/mol. The second-order valence-electron chi connectivity index (χ2n) is 2.19.